The number of halogens is 2. The molecule has 1 fully saturated rings. The number of benzene rings is 1. The second kappa shape index (κ2) is 14.6. The van der Waals surface area contributed by atoms with E-state index in [1.807, 2.05) is 32.0 Å². The maximum absolute atomic E-state index is 6.42. The summed E-state index contributed by atoms with van der Waals surface area (Å²) in [5, 5.41) is 9.18. The van der Waals surface area contributed by atoms with Crippen molar-refractivity contribution in [3.8, 4) is 5.75 Å². The van der Waals surface area contributed by atoms with Crippen LogP contribution in [-0.4, -0.2) is 29.5 Å². The molecule has 0 saturated carbocycles. The van der Waals surface area contributed by atoms with E-state index in [2.05, 4.69) is 47.2 Å². The number of rotatable bonds is 8. The van der Waals surface area contributed by atoms with Crippen LogP contribution in [-0.2, 0) is 20.1 Å². The second-order valence-electron chi connectivity index (χ2n) is 8.43. The molecule has 1 aliphatic rings. The first-order chi connectivity index (χ1) is 15.3. The summed E-state index contributed by atoms with van der Waals surface area (Å²) in [6.07, 6.45) is 5.52. The minimum Gasteiger partial charge on any atom is -0.580 e. The monoisotopic (exact) mass is 690 g/mol. The van der Waals surface area contributed by atoms with Gasteiger partial charge in [0, 0.05) is 55.6 Å². The van der Waals surface area contributed by atoms with Crippen molar-refractivity contribution in [2.75, 3.05) is 24.6 Å². The third kappa shape index (κ3) is 9.12. The number of piperidine rings is 1. The molecule has 5 nitrogen and oxygen atoms in total. The van der Waals surface area contributed by atoms with E-state index in [0.717, 1.165) is 43.1 Å². The Kier molecular flexibility index (Phi) is 13.5. The molecule has 1 unspecified atom stereocenters. The van der Waals surface area contributed by atoms with Crippen LogP contribution >= 0.6 is 35.1 Å². The number of nitrogens with one attached hydrogen (secondary N) is 1. The summed E-state index contributed by atoms with van der Waals surface area (Å²) in [6, 6.07) is 5.80. The van der Waals surface area contributed by atoms with Crippen molar-refractivity contribution in [2.24, 2.45) is 5.92 Å². The molecule has 1 saturated heterocycles. The first-order valence-electron chi connectivity index (χ1n) is 11.1. The number of nitrogens with zero attached hydrogens (tertiary/aromatic N) is 3. The molecule has 0 spiro atoms. The Labute approximate surface area is 226 Å². The van der Waals surface area contributed by atoms with Crippen molar-refractivity contribution in [1.29, 1.82) is 0 Å². The fourth-order valence-corrected chi connectivity index (χ4v) is 4.70. The van der Waals surface area contributed by atoms with Crippen LogP contribution < -0.4 is 19.5 Å². The molecule has 1 aromatic heterocycles. The Morgan fingerprint density at radius 1 is 1.27 bits per heavy atom. The van der Waals surface area contributed by atoms with Gasteiger partial charge >= 0.3 is 0 Å². The summed E-state index contributed by atoms with van der Waals surface area (Å²) in [4.78, 5) is 2.29. The minimum atomic E-state index is 0. The maximum Gasteiger partial charge on any atom is 0.126 e. The molecule has 9 heteroatoms. The van der Waals surface area contributed by atoms with Crippen LogP contribution in [0.3, 0.4) is 0 Å². The predicted octanol–water partition coefficient (Wildman–Crippen LogP) is 6.93. The molecular weight excluding hydrogens is 655 g/mol. The molecule has 1 N–H and O–H groups in total. The zero-order chi connectivity index (χ0) is 23.7. The van der Waals surface area contributed by atoms with Gasteiger partial charge < -0.3 is 19.8 Å². The summed E-state index contributed by atoms with van der Waals surface area (Å²) in [5.41, 5.74) is 1.04. The number of hydrogen-bond donors (Lipinski definition) is 1. The largest absolute Gasteiger partial charge is 0.580 e. The van der Waals surface area contributed by atoms with E-state index >= 15 is 0 Å². The van der Waals surface area contributed by atoms with Gasteiger partial charge in [-0.25, -0.2) is 0 Å². The van der Waals surface area contributed by atoms with Crippen molar-refractivity contribution in [3.05, 3.63) is 52.7 Å². The van der Waals surface area contributed by atoms with Gasteiger partial charge in [0.05, 0.1) is 10.0 Å². The average molecular weight is 691 g/mol. The fourth-order valence-electron chi connectivity index (χ4n) is 3.57. The number of aromatic nitrogens is 2. The van der Waals surface area contributed by atoms with Gasteiger partial charge in [-0.2, -0.15) is 6.20 Å². The number of hydrogen-bond acceptors (Lipinski definition) is 5. The van der Waals surface area contributed by atoms with Crippen LogP contribution in [0.1, 0.15) is 59.1 Å². The van der Waals surface area contributed by atoms with Gasteiger partial charge in [-0.1, -0.05) is 61.7 Å². The van der Waals surface area contributed by atoms with E-state index in [4.69, 9.17) is 27.9 Å². The van der Waals surface area contributed by atoms with Gasteiger partial charge in [0.15, 0.2) is 0 Å². The zero-order valence-electron chi connectivity index (χ0n) is 20.0. The van der Waals surface area contributed by atoms with E-state index in [9.17, 15) is 0 Å². The van der Waals surface area contributed by atoms with Crippen molar-refractivity contribution in [2.45, 2.75) is 58.2 Å². The van der Waals surface area contributed by atoms with Crippen LogP contribution in [0.25, 0.3) is 0 Å². The summed E-state index contributed by atoms with van der Waals surface area (Å²) < 4.78 is 9.76. The van der Waals surface area contributed by atoms with Crippen LogP contribution in [0.15, 0.2) is 37.1 Å². The molecule has 1 aliphatic heterocycles. The Bertz CT molecular complexity index is 838. The number of anilines is 1. The van der Waals surface area contributed by atoms with Crippen LogP contribution in [0.5, 0.6) is 5.75 Å². The van der Waals surface area contributed by atoms with E-state index in [1.165, 1.54) is 0 Å². The van der Waals surface area contributed by atoms with E-state index < -0.39 is 0 Å². The zero-order valence-corrected chi connectivity index (χ0v) is 24.8. The van der Waals surface area contributed by atoms with Gasteiger partial charge in [0.2, 0.25) is 0 Å². The Morgan fingerprint density at radius 2 is 1.91 bits per heavy atom. The topological polar surface area (TPSA) is 51.5 Å². The first kappa shape index (κ1) is 30.3. The molecule has 0 aliphatic carbocycles. The van der Waals surface area contributed by atoms with Gasteiger partial charge in [-0.05, 0) is 51.7 Å². The Balaban J connectivity index is 0.00000177. The van der Waals surface area contributed by atoms with Crippen LogP contribution in [0, 0.1) is 5.92 Å². The maximum atomic E-state index is 6.42. The van der Waals surface area contributed by atoms with Crippen LogP contribution in [0.4, 0.5) is 5.82 Å². The molecule has 0 amide bonds. The van der Waals surface area contributed by atoms with E-state index in [1.54, 1.807) is 24.2 Å². The Morgan fingerprint density at radius 3 is 2.45 bits per heavy atom. The quantitative estimate of drug-likeness (QED) is 0.240. The summed E-state index contributed by atoms with van der Waals surface area (Å²) in [5.74, 6) is 2.12. The third-order valence-corrected chi connectivity index (χ3v) is 6.73. The summed E-state index contributed by atoms with van der Waals surface area (Å²) in [7, 11) is 0. The molecule has 3 rings (SSSR count). The van der Waals surface area contributed by atoms with Crippen molar-refractivity contribution >= 4 is 41.0 Å². The molecular formula is C24H35Cl2IrN4OS-. The first-order valence-corrected chi connectivity index (χ1v) is 12.7. The van der Waals surface area contributed by atoms with Crippen molar-refractivity contribution in [1.82, 2.24) is 14.9 Å². The van der Waals surface area contributed by atoms with Gasteiger partial charge in [-0.3, -0.25) is 4.72 Å². The molecule has 33 heavy (non-hydrogen) atoms. The molecule has 1 aromatic carbocycles. The molecule has 2 aromatic rings. The molecule has 0 bridgehead atoms. The summed E-state index contributed by atoms with van der Waals surface area (Å²) >= 11 is 14.4. The molecule has 1 radical (unpaired) electrons. The SMILES string of the molecule is C=CCOc1cc(Cl)c(Cl)cc1C(NSC(C)(C)C)C1CCN(c2cc[n-]n2)CC1.CC.[Ir]. The molecule has 187 valence electrons. The molecule has 1 atom stereocenters. The predicted molar refractivity (Wildman–Crippen MR) is 139 cm³/mol. The van der Waals surface area contributed by atoms with E-state index in [-0.39, 0.29) is 30.9 Å². The second-order valence-corrected chi connectivity index (χ2v) is 10.9. The fraction of sp³-hybridized carbons (Fsp3) is 0.542. The number of ether oxygens (including phenoxy) is 1. The van der Waals surface area contributed by atoms with Gasteiger partial charge in [-0.15, -0.1) is 0 Å². The standard InChI is InChI=1S/C22H29Cl2N4OS.C2H6.Ir/c1-5-12-29-19-14-18(24)17(23)13-16(19)21(27-30-22(2,3)4)15-7-10-28(11-8-15)20-6-9-25-26-20;1-2;/h5-6,9,13-15,21,27H,1,7-8,10-12H2,2-4H3;1-2H3;/q-1;;. The smallest absolute Gasteiger partial charge is 0.126 e. The third-order valence-electron chi connectivity index (χ3n) is 5.02. The molecule has 2 heterocycles. The Hall–Kier alpha value is -0.691. The summed E-state index contributed by atoms with van der Waals surface area (Å²) in [6.45, 7) is 16.6. The van der Waals surface area contributed by atoms with Crippen molar-refractivity contribution in [3.63, 3.8) is 0 Å². The van der Waals surface area contributed by atoms with E-state index in [0.29, 0.717) is 22.6 Å². The van der Waals surface area contributed by atoms with Gasteiger partial charge in [0.1, 0.15) is 18.2 Å². The van der Waals surface area contributed by atoms with Crippen molar-refractivity contribution < 1.29 is 24.8 Å². The normalized spacial score (nSPS) is 15.2. The average Bonchev–Trinajstić information content (AvgIpc) is 3.31. The minimum absolute atomic E-state index is 0. The van der Waals surface area contributed by atoms with Gasteiger partial charge in [0.25, 0.3) is 0 Å². The van der Waals surface area contributed by atoms with Crippen LogP contribution in [0.2, 0.25) is 10.0 Å².